The van der Waals surface area contributed by atoms with Gasteiger partial charge in [0.15, 0.2) is 0 Å². The molecule has 1 heterocycles. The molecule has 26 heavy (non-hydrogen) atoms. The van der Waals surface area contributed by atoms with Crippen molar-refractivity contribution < 1.29 is 13.2 Å². The number of nitrogens with zero attached hydrogens (tertiary/aromatic N) is 1. The number of nitrogens with one attached hydrogen (secondary N) is 2. The van der Waals surface area contributed by atoms with E-state index in [1.54, 1.807) is 13.0 Å². The van der Waals surface area contributed by atoms with E-state index in [1.165, 1.54) is 25.0 Å². The van der Waals surface area contributed by atoms with E-state index in [0.29, 0.717) is 18.7 Å². The van der Waals surface area contributed by atoms with Crippen LogP contribution >= 0.6 is 0 Å². The van der Waals surface area contributed by atoms with E-state index >= 15 is 0 Å². The van der Waals surface area contributed by atoms with Gasteiger partial charge in [-0.3, -0.25) is 4.79 Å². The summed E-state index contributed by atoms with van der Waals surface area (Å²) >= 11 is 0. The first-order chi connectivity index (χ1) is 12.3. The van der Waals surface area contributed by atoms with Gasteiger partial charge >= 0.3 is 0 Å². The maximum Gasteiger partial charge on any atom is 0.251 e. The molecule has 2 N–H and O–H groups in total. The Bertz CT molecular complexity index is 711. The van der Waals surface area contributed by atoms with Crippen LogP contribution in [0.1, 0.15) is 49.0 Å². The lowest BCUT2D eigenvalue weighted by atomic mass is 9.99. The van der Waals surface area contributed by atoms with Crippen LogP contribution in [-0.2, 0) is 10.0 Å². The van der Waals surface area contributed by atoms with Crippen molar-refractivity contribution >= 4 is 15.9 Å². The maximum absolute atomic E-state index is 12.5. The molecule has 7 heteroatoms. The summed E-state index contributed by atoms with van der Waals surface area (Å²) in [6.07, 6.45) is 3.39. The number of carbonyl (C=O) groups excluding carboxylic acids is 1. The lowest BCUT2D eigenvalue weighted by molar-refractivity contribution is 0.0949. The standard InChI is InChI=1S/C19H31N3O3S/c1-4-21-26(24,25)17-7-6-16(3)18(14-17)19(23)20-10-5-11-22-12-8-15(2)9-13-22/h6-7,14-15,21H,4-5,8-13H2,1-3H3,(H,20,23). The summed E-state index contributed by atoms with van der Waals surface area (Å²) in [5, 5.41) is 2.92. The zero-order valence-electron chi connectivity index (χ0n) is 16.0. The molecule has 0 aliphatic carbocycles. The second kappa shape index (κ2) is 9.48. The summed E-state index contributed by atoms with van der Waals surface area (Å²) in [6.45, 7) is 10.00. The molecule has 1 aliphatic heterocycles. The molecule has 2 rings (SSSR count). The smallest absolute Gasteiger partial charge is 0.251 e. The molecule has 0 saturated carbocycles. The van der Waals surface area contributed by atoms with Crippen molar-refractivity contribution in [2.45, 2.75) is 44.9 Å². The van der Waals surface area contributed by atoms with E-state index in [2.05, 4.69) is 21.9 Å². The molecule has 1 fully saturated rings. The Kier molecular flexibility index (Phi) is 7.61. The zero-order valence-corrected chi connectivity index (χ0v) is 16.9. The average molecular weight is 382 g/mol. The van der Waals surface area contributed by atoms with Gasteiger partial charge in [-0.2, -0.15) is 0 Å². The fourth-order valence-electron chi connectivity index (χ4n) is 3.17. The summed E-state index contributed by atoms with van der Waals surface area (Å²) in [5.41, 5.74) is 1.18. The number of aryl methyl sites for hydroxylation is 1. The number of likely N-dealkylation sites (tertiary alicyclic amines) is 1. The lowest BCUT2D eigenvalue weighted by Gasteiger charge is -2.30. The molecule has 0 spiro atoms. The summed E-state index contributed by atoms with van der Waals surface area (Å²) in [4.78, 5) is 15.0. The van der Waals surface area contributed by atoms with Crippen molar-refractivity contribution in [1.82, 2.24) is 14.9 Å². The SMILES string of the molecule is CCNS(=O)(=O)c1ccc(C)c(C(=O)NCCCN2CCC(C)CC2)c1. The Balaban J connectivity index is 1.88. The van der Waals surface area contributed by atoms with Gasteiger partial charge in [0.25, 0.3) is 5.91 Å². The van der Waals surface area contributed by atoms with E-state index in [0.717, 1.165) is 37.5 Å². The highest BCUT2D eigenvalue weighted by Crippen LogP contribution is 2.17. The first-order valence-electron chi connectivity index (χ1n) is 9.44. The minimum Gasteiger partial charge on any atom is -0.352 e. The molecular weight excluding hydrogens is 350 g/mol. The summed E-state index contributed by atoms with van der Waals surface area (Å²) in [7, 11) is -3.56. The zero-order chi connectivity index (χ0) is 19.2. The Morgan fingerprint density at radius 2 is 1.96 bits per heavy atom. The lowest BCUT2D eigenvalue weighted by Crippen LogP contribution is -2.35. The predicted octanol–water partition coefficient (Wildman–Crippen LogP) is 2.15. The van der Waals surface area contributed by atoms with Crippen LogP contribution in [0.3, 0.4) is 0 Å². The number of hydrogen-bond donors (Lipinski definition) is 2. The Hall–Kier alpha value is -1.44. The Labute approximate surface area is 157 Å². The number of rotatable bonds is 8. The van der Waals surface area contributed by atoms with E-state index in [4.69, 9.17) is 0 Å². The largest absolute Gasteiger partial charge is 0.352 e. The van der Waals surface area contributed by atoms with Crippen LogP contribution in [0.2, 0.25) is 0 Å². The van der Waals surface area contributed by atoms with Crippen LogP contribution in [0, 0.1) is 12.8 Å². The quantitative estimate of drug-likeness (QED) is 0.676. The molecule has 1 aromatic carbocycles. The van der Waals surface area contributed by atoms with Crippen LogP contribution in [0.4, 0.5) is 0 Å². The molecule has 1 saturated heterocycles. The van der Waals surface area contributed by atoms with E-state index in [9.17, 15) is 13.2 Å². The van der Waals surface area contributed by atoms with Gasteiger partial charge in [0.2, 0.25) is 10.0 Å². The fraction of sp³-hybridized carbons (Fsp3) is 0.632. The van der Waals surface area contributed by atoms with Crippen molar-refractivity contribution in [1.29, 1.82) is 0 Å². The van der Waals surface area contributed by atoms with Gasteiger partial charge in [-0.1, -0.05) is 19.9 Å². The summed E-state index contributed by atoms with van der Waals surface area (Å²) < 4.78 is 26.7. The number of benzene rings is 1. The van der Waals surface area contributed by atoms with Crippen LogP contribution in [0.5, 0.6) is 0 Å². The highest BCUT2D eigenvalue weighted by molar-refractivity contribution is 7.89. The van der Waals surface area contributed by atoms with Crippen molar-refractivity contribution in [3.63, 3.8) is 0 Å². The second-order valence-electron chi connectivity index (χ2n) is 7.11. The van der Waals surface area contributed by atoms with Crippen LogP contribution in [0.15, 0.2) is 23.1 Å². The molecule has 1 aliphatic rings. The molecule has 0 bridgehead atoms. The topological polar surface area (TPSA) is 78.5 Å². The van der Waals surface area contributed by atoms with Gasteiger partial charge in [0, 0.05) is 18.7 Å². The molecule has 1 amide bonds. The van der Waals surface area contributed by atoms with Crippen molar-refractivity contribution in [2.75, 3.05) is 32.7 Å². The molecule has 0 radical (unpaired) electrons. The number of sulfonamides is 1. The molecular formula is C19H31N3O3S. The van der Waals surface area contributed by atoms with Crippen LogP contribution in [0.25, 0.3) is 0 Å². The normalized spacial score (nSPS) is 16.6. The third kappa shape index (κ3) is 5.79. The van der Waals surface area contributed by atoms with Crippen LogP contribution < -0.4 is 10.0 Å². The summed E-state index contributed by atoms with van der Waals surface area (Å²) in [6, 6.07) is 4.66. The average Bonchev–Trinajstić information content (AvgIpc) is 2.60. The molecule has 0 atom stereocenters. The maximum atomic E-state index is 12.5. The first kappa shape index (κ1) is 20.9. The monoisotopic (exact) mass is 381 g/mol. The van der Waals surface area contributed by atoms with Gasteiger partial charge < -0.3 is 10.2 Å². The van der Waals surface area contributed by atoms with Gasteiger partial charge in [-0.25, -0.2) is 13.1 Å². The minimum atomic E-state index is -3.56. The minimum absolute atomic E-state index is 0.123. The van der Waals surface area contributed by atoms with Gasteiger partial charge in [0.05, 0.1) is 4.90 Å². The third-order valence-corrected chi connectivity index (χ3v) is 6.45. The van der Waals surface area contributed by atoms with Crippen molar-refractivity contribution in [3.8, 4) is 0 Å². The molecule has 146 valence electrons. The van der Waals surface area contributed by atoms with E-state index in [-0.39, 0.29) is 10.8 Å². The van der Waals surface area contributed by atoms with Gasteiger partial charge in [0.1, 0.15) is 0 Å². The fourth-order valence-corrected chi connectivity index (χ4v) is 4.24. The van der Waals surface area contributed by atoms with E-state index in [1.807, 2.05) is 6.92 Å². The number of hydrogen-bond acceptors (Lipinski definition) is 4. The highest BCUT2D eigenvalue weighted by atomic mass is 32.2. The van der Waals surface area contributed by atoms with Crippen molar-refractivity contribution in [2.24, 2.45) is 5.92 Å². The highest BCUT2D eigenvalue weighted by Gasteiger charge is 2.18. The third-order valence-electron chi connectivity index (χ3n) is 4.91. The molecule has 0 aromatic heterocycles. The molecule has 6 nitrogen and oxygen atoms in total. The Morgan fingerprint density at radius 3 is 2.62 bits per heavy atom. The number of amides is 1. The van der Waals surface area contributed by atoms with Gasteiger partial charge in [-0.05, 0) is 69.4 Å². The summed E-state index contributed by atoms with van der Waals surface area (Å²) in [5.74, 6) is 0.600. The van der Waals surface area contributed by atoms with Crippen molar-refractivity contribution in [3.05, 3.63) is 29.3 Å². The second-order valence-corrected chi connectivity index (χ2v) is 8.88. The van der Waals surface area contributed by atoms with E-state index < -0.39 is 10.0 Å². The van der Waals surface area contributed by atoms with Gasteiger partial charge in [-0.15, -0.1) is 0 Å². The molecule has 0 unspecified atom stereocenters. The first-order valence-corrected chi connectivity index (χ1v) is 10.9. The Morgan fingerprint density at radius 1 is 1.27 bits per heavy atom. The van der Waals surface area contributed by atoms with Crippen LogP contribution in [-0.4, -0.2) is 51.9 Å². The molecule has 1 aromatic rings. The number of piperidine rings is 1. The predicted molar refractivity (Wildman–Crippen MR) is 104 cm³/mol. The number of carbonyl (C=O) groups is 1.